The van der Waals surface area contributed by atoms with Crippen LogP contribution in [0.3, 0.4) is 0 Å². The summed E-state index contributed by atoms with van der Waals surface area (Å²) in [6, 6.07) is 10.8. The van der Waals surface area contributed by atoms with Crippen LogP contribution in [0.1, 0.15) is 32.3 Å². The predicted octanol–water partition coefficient (Wildman–Crippen LogP) is 2.76. The van der Waals surface area contributed by atoms with Crippen molar-refractivity contribution in [1.82, 2.24) is 15.1 Å². The Morgan fingerprint density at radius 2 is 1.77 bits per heavy atom. The van der Waals surface area contributed by atoms with Gasteiger partial charge in [-0.25, -0.2) is 4.79 Å². The molecule has 1 aromatic carbocycles. The summed E-state index contributed by atoms with van der Waals surface area (Å²) >= 11 is 0. The van der Waals surface area contributed by atoms with Crippen LogP contribution >= 0.6 is 0 Å². The molecule has 0 unspecified atom stereocenters. The Hall–Kier alpha value is -1.59. The minimum Gasteiger partial charge on any atom is -0.379 e. The van der Waals surface area contributed by atoms with Crippen LogP contribution in [0.5, 0.6) is 0 Å². The lowest BCUT2D eigenvalue weighted by atomic mass is 9.90. The molecule has 0 aliphatic carbocycles. The quantitative estimate of drug-likeness (QED) is 0.879. The lowest BCUT2D eigenvalue weighted by molar-refractivity contribution is -0.00912. The molecule has 0 spiro atoms. The third-order valence-electron chi connectivity index (χ3n) is 5.81. The zero-order chi connectivity index (χ0) is 18.4. The highest BCUT2D eigenvalue weighted by Gasteiger charge is 2.30. The SMILES string of the molecule is CC(C)(CNC(=O)N1CCC(Cc2ccccc2)CC1)N1CCOCC1. The van der Waals surface area contributed by atoms with Crippen molar-refractivity contribution >= 4 is 6.03 Å². The van der Waals surface area contributed by atoms with Gasteiger partial charge in [0.25, 0.3) is 0 Å². The number of nitrogens with one attached hydrogen (secondary N) is 1. The van der Waals surface area contributed by atoms with Crippen LogP contribution < -0.4 is 5.32 Å². The molecule has 5 heteroatoms. The second kappa shape index (κ2) is 8.87. The van der Waals surface area contributed by atoms with E-state index in [1.54, 1.807) is 0 Å². The molecule has 0 saturated carbocycles. The van der Waals surface area contributed by atoms with Crippen molar-refractivity contribution in [3.63, 3.8) is 0 Å². The lowest BCUT2D eigenvalue weighted by Crippen LogP contribution is -2.57. The average molecular weight is 360 g/mol. The molecule has 0 bridgehead atoms. The van der Waals surface area contributed by atoms with Crippen molar-refractivity contribution in [3.8, 4) is 0 Å². The number of urea groups is 1. The number of rotatable bonds is 5. The number of carbonyl (C=O) groups excluding carboxylic acids is 1. The number of hydrogen-bond donors (Lipinski definition) is 1. The summed E-state index contributed by atoms with van der Waals surface area (Å²) in [5.74, 6) is 0.686. The van der Waals surface area contributed by atoms with Gasteiger partial charge in [-0.1, -0.05) is 30.3 Å². The van der Waals surface area contributed by atoms with Crippen molar-refractivity contribution in [1.29, 1.82) is 0 Å². The number of ether oxygens (including phenoxy) is 1. The fourth-order valence-corrected chi connectivity index (χ4v) is 3.97. The Labute approximate surface area is 157 Å². The maximum absolute atomic E-state index is 12.6. The van der Waals surface area contributed by atoms with Crippen LogP contribution in [0, 0.1) is 5.92 Å². The molecule has 2 amide bonds. The first-order chi connectivity index (χ1) is 12.5. The van der Waals surface area contributed by atoms with Crippen molar-refractivity contribution in [3.05, 3.63) is 35.9 Å². The van der Waals surface area contributed by atoms with Crippen LogP contribution in [0.4, 0.5) is 4.79 Å². The molecule has 0 atom stereocenters. The first kappa shape index (κ1) is 19.2. The number of carbonyl (C=O) groups is 1. The highest BCUT2D eigenvalue weighted by Crippen LogP contribution is 2.22. The molecule has 0 aromatic heterocycles. The Balaban J connectivity index is 1.40. The molecule has 26 heavy (non-hydrogen) atoms. The third-order valence-corrected chi connectivity index (χ3v) is 5.81. The van der Waals surface area contributed by atoms with E-state index in [0.29, 0.717) is 12.5 Å². The van der Waals surface area contributed by atoms with E-state index in [0.717, 1.165) is 58.7 Å². The van der Waals surface area contributed by atoms with E-state index in [9.17, 15) is 4.79 Å². The van der Waals surface area contributed by atoms with Gasteiger partial charge in [-0.2, -0.15) is 0 Å². The number of benzene rings is 1. The smallest absolute Gasteiger partial charge is 0.317 e. The fraction of sp³-hybridized carbons (Fsp3) is 0.667. The average Bonchev–Trinajstić information content (AvgIpc) is 2.68. The highest BCUT2D eigenvalue weighted by atomic mass is 16.5. The molecule has 0 radical (unpaired) electrons. The summed E-state index contributed by atoms with van der Waals surface area (Å²) in [5.41, 5.74) is 1.37. The van der Waals surface area contributed by atoms with Crippen molar-refractivity contribution in [2.24, 2.45) is 5.92 Å². The third kappa shape index (κ3) is 5.21. The van der Waals surface area contributed by atoms with Gasteiger partial charge in [0.2, 0.25) is 0 Å². The first-order valence-corrected chi connectivity index (χ1v) is 9.94. The zero-order valence-electron chi connectivity index (χ0n) is 16.2. The molecule has 5 nitrogen and oxygen atoms in total. The van der Waals surface area contributed by atoms with E-state index in [1.165, 1.54) is 5.56 Å². The van der Waals surface area contributed by atoms with Gasteiger partial charge in [0, 0.05) is 38.3 Å². The molecule has 1 N–H and O–H groups in total. The minimum atomic E-state index is -0.0366. The second-order valence-corrected chi connectivity index (χ2v) is 8.19. The largest absolute Gasteiger partial charge is 0.379 e. The summed E-state index contributed by atoms with van der Waals surface area (Å²) in [4.78, 5) is 17.0. The molecule has 2 fully saturated rings. The van der Waals surface area contributed by atoms with Gasteiger partial charge in [-0.3, -0.25) is 4.90 Å². The van der Waals surface area contributed by atoms with Crippen molar-refractivity contribution in [2.45, 2.75) is 38.6 Å². The molecular formula is C21H33N3O2. The Kier molecular flexibility index (Phi) is 6.54. The Bertz CT molecular complexity index is 562. The van der Waals surface area contributed by atoms with Gasteiger partial charge in [0.15, 0.2) is 0 Å². The minimum absolute atomic E-state index is 0.0366. The summed E-state index contributed by atoms with van der Waals surface area (Å²) in [6.45, 7) is 10.2. The number of amides is 2. The van der Waals surface area contributed by atoms with Crippen molar-refractivity contribution < 1.29 is 9.53 Å². The van der Waals surface area contributed by atoms with Crippen LogP contribution in [-0.2, 0) is 11.2 Å². The molecule has 3 rings (SSSR count). The maximum Gasteiger partial charge on any atom is 0.317 e. The molecule has 2 aliphatic rings. The van der Waals surface area contributed by atoms with Crippen molar-refractivity contribution in [2.75, 3.05) is 45.9 Å². The summed E-state index contributed by atoms with van der Waals surface area (Å²) in [6.07, 6.45) is 3.31. The molecular weight excluding hydrogens is 326 g/mol. The van der Waals surface area contributed by atoms with Gasteiger partial charge < -0.3 is 15.0 Å². The summed E-state index contributed by atoms with van der Waals surface area (Å²) in [5, 5.41) is 3.16. The number of hydrogen-bond acceptors (Lipinski definition) is 3. The molecule has 1 aromatic rings. The summed E-state index contributed by atoms with van der Waals surface area (Å²) in [7, 11) is 0. The van der Waals surface area contributed by atoms with E-state index >= 15 is 0 Å². The normalized spacial score (nSPS) is 20.2. The van der Waals surface area contributed by atoms with Crippen LogP contribution in [0.15, 0.2) is 30.3 Å². The highest BCUT2D eigenvalue weighted by molar-refractivity contribution is 5.74. The molecule has 2 heterocycles. The van der Waals surface area contributed by atoms with E-state index in [1.807, 2.05) is 4.90 Å². The monoisotopic (exact) mass is 359 g/mol. The van der Waals surface area contributed by atoms with Crippen LogP contribution in [0.25, 0.3) is 0 Å². The number of nitrogens with zero attached hydrogens (tertiary/aromatic N) is 2. The van der Waals surface area contributed by atoms with Gasteiger partial charge in [0.1, 0.15) is 0 Å². The van der Waals surface area contributed by atoms with E-state index in [2.05, 4.69) is 54.4 Å². The predicted molar refractivity (Wildman–Crippen MR) is 104 cm³/mol. The number of likely N-dealkylation sites (tertiary alicyclic amines) is 1. The van der Waals surface area contributed by atoms with Crippen LogP contribution in [0.2, 0.25) is 0 Å². The molecule has 144 valence electrons. The first-order valence-electron chi connectivity index (χ1n) is 9.94. The van der Waals surface area contributed by atoms with Crippen LogP contribution in [-0.4, -0.2) is 67.3 Å². The Morgan fingerprint density at radius 1 is 1.12 bits per heavy atom. The topological polar surface area (TPSA) is 44.8 Å². The molecule has 2 saturated heterocycles. The van der Waals surface area contributed by atoms with E-state index in [4.69, 9.17) is 4.74 Å². The number of morpholine rings is 1. The molecule has 2 aliphatic heterocycles. The maximum atomic E-state index is 12.6. The standard InChI is InChI=1S/C21H33N3O2/c1-21(2,24-12-14-26-15-13-24)17-22-20(25)23-10-8-19(9-11-23)16-18-6-4-3-5-7-18/h3-7,19H,8-17H2,1-2H3,(H,22,25). The second-order valence-electron chi connectivity index (χ2n) is 8.19. The van der Waals surface area contributed by atoms with Gasteiger partial charge in [-0.05, 0) is 44.6 Å². The van der Waals surface area contributed by atoms with Gasteiger partial charge in [-0.15, -0.1) is 0 Å². The number of piperidine rings is 1. The lowest BCUT2D eigenvalue weighted by Gasteiger charge is -2.41. The van der Waals surface area contributed by atoms with E-state index < -0.39 is 0 Å². The zero-order valence-corrected chi connectivity index (χ0v) is 16.2. The Morgan fingerprint density at radius 3 is 2.42 bits per heavy atom. The fourth-order valence-electron chi connectivity index (χ4n) is 3.97. The van der Waals surface area contributed by atoms with Gasteiger partial charge >= 0.3 is 6.03 Å². The van der Waals surface area contributed by atoms with E-state index in [-0.39, 0.29) is 11.6 Å². The summed E-state index contributed by atoms with van der Waals surface area (Å²) < 4.78 is 5.43. The van der Waals surface area contributed by atoms with Gasteiger partial charge in [0.05, 0.1) is 13.2 Å².